The van der Waals surface area contributed by atoms with Gasteiger partial charge in [0, 0.05) is 36.5 Å². The zero-order valence-corrected chi connectivity index (χ0v) is 15.5. The maximum atomic E-state index is 5.88. The highest BCUT2D eigenvalue weighted by atomic mass is 32.2. The second-order valence-corrected chi connectivity index (χ2v) is 7.58. The molecular weight excluding hydrogens is 342 g/mol. The Balaban J connectivity index is 1.32. The van der Waals surface area contributed by atoms with Crippen molar-refractivity contribution >= 4 is 34.8 Å². The molecule has 0 bridgehead atoms. The fourth-order valence-corrected chi connectivity index (χ4v) is 4.06. The van der Waals surface area contributed by atoms with E-state index in [2.05, 4.69) is 39.4 Å². The smallest absolute Gasteiger partial charge is 0.119 e. The summed E-state index contributed by atoms with van der Waals surface area (Å²) < 4.78 is 5.88. The molecule has 1 aliphatic heterocycles. The summed E-state index contributed by atoms with van der Waals surface area (Å²) in [6, 6.07) is 16.4. The number of ether oxygens (including phenoxy) is 1. The van der Waals surface area contributed by atoms with Gasteiger partial charge in [-0.2, -0.15) is 16.9 Å². The number of rotatable bonds is 6. The summed E-state index contributed by atoms with van der Waals surface area (Å²) >= 11 is 2.04. The molecule has 0 atom stereocenters. The predicted octanol–water partition coefficient (Wildman–Crippen LogP) is 4.16. The number of aromatic nitrogens is 2. The maximum Gasteiger partial charge on any atom is 0.119 e. The molecule has 5 heteroatoms. The molecular formula is C21H23N3OS. The molecule has 1 aromatic heterocycles. The van der Waals surface area contributed by atoms with Gasteiger partial charge in [0.1, 0.15) is 12.4 Å². The quantitative estimate of drug-likeness (QED) is 0.712. The molecule has 1 saturated heterocycles. The number of nitrogens with zero attached hydrogens (tertiary/aromatic N) is 2. The Kier molecular flexibility index (Phi) is 5.57. The van der Waals surface area contributed by atoms with Gasteiger partial charge < -0.3 is 4.74 Å². The third kappa shape index (κ3) is 4.29. The first-order valence-corrected chi connectivity index (χ1v) is 10.2. The lowest BCUT2D eigenvalue weighted by molar-refractivity contribution is 0.222. The Labute approximate surface area is 158 Å². The van der Waals surface area contributed by atoms with Gasteiger partial charge in [0.15, 0.2) is 0 Å². The maximum absolute atomic E-state index is 5.88. The molecule has 0 saturated carbocycles. The highest BCUT2D eigenvalue weighted by Gasteiger charge is 2.09. The number of aromatic amines is 1. The van der Waals surface area contributed by atoms with Crippen LogP contribution in [0.4, 0.5) is 0 Å². The van der Waals surface area contributed by atoms with Crippen LogP contribution in [0.5, 0.6) is 5.75 Å². The first-order valence-electron chi connectivity index (χ1n) is 9.03. The second-order valence-electron chi connectivity index (χ2n) is 6.36. The summed E-state index contributed by atoms with van der Waals surface area (Å²) in [5, 5.41) is 8.57. The number of thioether (sulfide) groups is 1. The van der Waals surface area contributed by atoms with Crippen molar-refractivity contribution < 1.29 is 4.74 Å². The third-order valence-electron chi connectivity index (χ3n) is 4.59. The molecule has 0 radical (unpaired) electrons. The minimum Gasteiger partial charge on any atom is -0.492 e. The molecule has 0 aliphatic carbocycles. The van der Waals surface area contributed by atoms with E-state index in [1.807, 2.05) is 48.2 Å². The largest absolute Gasteiger partial charge is 0.492 e. The highest BCUT2D eigenvalue weighted by Crippen LogP contribution is 2.19. The predicted molar refractivity (Wildman–Crippen MR) is 111 cm³/mol. The van der Waals surface area contributed by atoms with E-state index in [1.54, 1.807) is 0 Å². The van der Waals surface area contributed by atoms with Crippen molar-refractivity contribution in [3.8, 4) is 5.75 Å². The molecule has 1 fully saturated rings. The van der Waals surface area contributed by atoms with Crippen molar-refractivity contribution in [1.29, 1.82) is 0 Å². The van der Waals surface area contributed by atoms with Crippen molar-refractivity contribution in [3.63, 3.8) is 0 Å². The lowest BCUT2D eigenvalue weighted by atomic mass is 10.1. The number of fused-ring (bicyclic) bond motifs is 1. The minimum atomic E-state index is 0.749. The summed E-state index contributed by atoms with van der Waals surface area (Å²) in [6.45, 7) is 4.12. The van der Waals surface area contributed by atoms with Crippen molar-refractivity contribution in [1.82, 2.24) is 15.1 Å². The van der Waals surface area contributed by atoms with Gasteiger partial charge in [-0.05, 0) is 29.8 Å². The Bertz CT molecular complexity index is 866. The van der Waals surface area contributed by atoms with Crippen LogP contribution in [0.2, 0.25) is 0 Å². The Morgan fingerprint density at radius 1 is 1.04 bits per heavy atom. The van der Waals surface area contributed by atoms with Gasteiger partial charge in [-0.15, -0.1) is 0 Å². The summed E-state index contributed by atoms with van der Waals surface area (Å²) in [6.07, 6.45) is 4.13. The zero-order valence-electron chi connectivity index (χ0n) is 14.7. The van der Waals surface area contributed by atoms with Gasteiger partial charge in [-0.25, -0.2) is 0 Å². The Morgan fingerprint density at radius 2 is 1.85 bits per heavy atom. The molecule has 26 heavy (non-hydrogen) atoms. The summed E-state index contributed by atoms with van der Waals surface area (Å²) in [4.78, 5) is 2.47. The molecule has 4 rings (SSSR count). The van der Waals surface area contributed by atoms with Gasteiger partial charge in [-0.1, -0.05) is 36.4 Å². The fraction of sp³-hybridized carbons (Fsp3) is 0.286. The molecule has 1 aliphatic rings. The van der Waals surface area contributed by atoms with E-state index in [4.69, 9.17) is 4.74 Å². The minimum absolute atomic E-state index is 0.749. The van der Waals surface area contributed by atoms with E-state index >= 15 is 0 Å². The van der Waals surface area contributed by atoms with Gasteiger partial charge in [0.05, 0.1) is 11.2 Å². The van der Waals surface area contributed by atoms with Crippen molar-refractivity contribution in [2.45, 2.75) is 0 Å². The first-order chi connectivity index (χ1) is 12.9. The zero-order chi connectivity index (χ0) is 17.6. The van der Waals surface area contributed by atoms with Gasteiger partial charge in [0.2, 0.25) is 0 Å². The van der Waals surface area contributed by atoms with Crippen LogP contribution in [0.15, 0.2) is 48.5 Å². The van der Waals surface area contributed by atoms with E-state index < -0.39 is 0 Å². The normalized spacial score (nSPS) is 15.7. The Morgan fingerprint density at radius 3 is 2.69 bits per heavy atom. The van der Waals surface area contributed by atoms with E-state index in [0.29, 0.717) is 0 Å². The number of benzene rings is 2. The molecule has 0 unspecified atom stereocenters. The van der Waals surface area contributed by atoms with E-state index in [1.165, 1.54) is 24.6 Å². The summed E-state index contributed by atoms with van der Waals surface area (Å²) in [5.74, 6) is 3.41. The van der Waals surface area contributed by atoms with Crippen molar-refractivity contribution in [2.24, 2.45) is 0 Å². The van der Waals surface area contributed by atoms with Crippen LogP contribution in [0.25, 0.3) is 23.1 Å². The lowest BCUT2D eigenvalue weighted by Crippen LogP contribution is -2.35. The number of hydrogen-bond acceptors (Lipinski definition) is 4. The van der Waals surface area contributed by atoms with Crippen LogP contribution in [-0.2, 0) is 0 Å². The summed E-state index contributed by atoms with van der Waals surface area (Å²) in [5.41, 5.74) is 3.15. The van der Waals surface area contributed by atoms with Crippen LogP contribution >= 0.6 is 11.8 Å². The lowest BCUT2D eigenvalue weighted by Gasteiger charge is -2.25. The topological polar surface area (TPSA) is 41.1 Å². The SMILES string of the molecule is C(=C\c1n[nH]c2ccccc12)/c1ccc(OCCN2CCSCC2)cc1. The number of nitrogens with one attached hydrogen (secondary N) is 1. The molecule has 3 aromatic rings. The monoisotopic (exact) mass is 365 g/mol. The molecule has 0 spiro atoms. The number of para-hydroxylation sites is 1. The number of hydrogen-bond donors (Lipinski definition) is 1. The van der Waals surface area contributed by atoms with Crippen molar-refractivity contribution in [3.05, 3.63) is 59.8 Å². The molecule has 134 valence electrons. The van der Waals surface area contributed by atoms with E-state index in [9.17, 15) is 0 Å². The van der Waals surface area contributed by atoms with Crippen LogP contribution < -0.4 is 4.74 Å². The molecule has 2 aromatic carbocycles. The second kappa shape index (κ2) is 8.43. The molecule has 0 amide bonds. The van der Waals surface area contributed by atoms with Gasteiger partial charge >= 0.3 is 0 Å². The average Bonchev–Trinajstić information content (AvgIpc) is 3.11. The highest BCUT2D eigenvalue weighted by molar-refractivity contribution is 7.99. The van der Waals surface area contributed by atoms with Gasteiger partial charge in [-0.3, -0.25) is 10.00 Å². The van der Waals surface area contributed by atoms with Gasteiger partial charge in [0.25, 0.3) is 0 Å². The van der Waals surface area contributed by atoms with Crippen LogP contribution in [0.3, 0.4) is 0 Å². The summed E-state index contributed by atoms with van der Waals surface area (Å²) in [7, 11) is 0. The number of H-pyrrole nitrogens is 1. The fourth-order valence-electron chi connectivity index (χ4n) is 3.08. The van der Waals surface area contributed by atoms with Crippen molar-refractivity contribution in [2.75, 3.05) is 37.7 Å². The first kappa shape index (κ1) is 17.2. The average molecular weight is 366 g/mol. The van der Waals surface area contributed by atoms with E-state index in [-0.39, 0.29) is 0 Å². The van der Waals surface area contributed by atoms with E-state index in [0.717, 1.165) is 41.1 Å². The van der Waals surface area contributed by atoms with Crippen LogP contribution in [0.1, 0.15) is 11.3 Å². The van der Waals surface area contributed by atoms with Crippen LogP contribution in [-0.4, -0.2) is 52.8 Å². The Hall–Kier alpha value is -2.24. The third-order valence-corrected chi connectivity index (χ3v) is 5.54. The molecule has 1 N–H and O–H groups in total. The van der Waals surface area contributed by atoms with Crippen LogP contribution in [0, 0.1) is 0 Å². The molecule has 2 heterocycles. The standard InChI is InChI=1S/C21H23N3OS/c1-2-4-20-19(3-1)21(23-22-20)10-7-17-5-8-18(9-6-17)25-14-11-24-12-15-26-16-13-24/h1-10H,11-16H2,(H,22,23)/b10-7+. The molecule has 4 nitrogen and oxygen atoms in total.